The zero-order valence-corrected chi connectivity index (χ0v) is 10.9. The fourth-order valence-corrected chi connectivity index (χ4v) is 3.36. The molecule has 1 aliphatic heterocycles. The lowest BCUT2D eigenvalue weighted by molar-refractivity contribution is -0.125. The maximum atomic E-state index is 11.2. The lowest BCUT2D eigenvalue weighted by Gasteiger charge is -2.46. The highest BCUT2D eigenvalue weighted by Gasteiger charge is 2.40. The van der Waals surface area contributed by atoms with E-state index in [9.17, 15) is 4.79 Å². The van der Waals surface area contributed by atoms with Gasteiger partial charge in [-0.1, -0.05) is 20.8 Å². The second kappa shape index (κ2) is 4.05. The maximum absolute atomic E-state index is 11.2. The molecule has 2 aliphatic rings. The van der Waals surface area contributed by atoms with Crippen molar-refractivity contribution in [1.82, 2.24) is 5.32 Å². The topological polar surface area (TPSA) is 29.1 Å². The third-order valence-electron chi connectivity index (χ3n) is 4.81. The van der Waals surface area contributed by atoms with E-state index < -0.39 is 0 Å². The summed E-state index contributed by atoms with van der Waals surface area (Å²) in [4.78, 5) is 11.2. The monoisotopic (exact) mass is 223 g/mol. The van der Waals surface area contributed by atoms with E-state index in [1.807, 2.05) is 0 Å². The Bertz CT molecular complexity index is 257. The van der Waals surface area contributed by atoms with Crippen molar-refractivity contribution in [2.75, 3.05) is 6.54 Å². The van der Waals surface area contributed by atoms with E-state index in [1.54, 1.807) is 0 Å². The minimum absolute atomic E-state index is 0.253. The van der Waals surface area contributed by atoms with Gasteiger partial charge in [0.05, 0.1) is 0 Å². The Kier molecular flexibility index (Phi) is 3.02. The quantitative estimate of drug-likeness (QED) is 0.671. The normalized spacial score (nSPS) is 36.2. The number of hydrogen-bond donors (Lipinski definition) is 1. The minimum Gasteiger partial charge on any atom is -0.356 e. The van der Waals surface area contributed by atoms with Gasteiger partial charge in [-0.05, 0) is 48.9 Å². The average Bonchev–Trinajstić information content (AvgIpc) is 2.22. The van der Waals surface area contributed by atoms with Gasteiger partial charge in [0.2, 0.25) is 5.91 Å². The molecule has 1 N–H and O–H groups in total. The van der Waals surface area contributed by atoms with Gasteiger partial charge in [-0.25, -0.2) is 0 Å². The van der Waals surface area contributed by atoms with Gasteiger partial charge in [0, 0.05) is 13.0 Å². The largest absolute Gasteiger partial charge is 0.356 e. The van der Waals surface area contributed by atoms with Crippen molar-refractivity contribution in [3.63, 3.8) is 0 Å². The number of carbonyl (C=O) groups is 1. The lowest BCUT2D eigenvalue weighted by atomic mass is 9.62. The van der Waals surface area contributed by atoms with Gasteiger partial charge < -0.3 is 5.32 Å². The highest BCUT2D eigenvalue weighted by molar-refractivity contribution is 5.76. The Morgan fingerprint density at radius 2 is 1.81 bits per heavy atom. The van der Waals surface area contributed by atoms with Crippen LogP contribution in [0.25, 0.3) is 0 Å². The maximum Gasteiger partial charge on any atom is 0.220 e. The first-order valence-corrected chi connectivity index (χ1v) is 6.68. The molecule has 92 valence electrons. The molecule has 1 aliphatic carbocycles. The van der Waals surface area contributed by atoms with Crippen LogP contribution in [0.3, 0.4) is 0 Å². The number of carbonyl (C=O) groups excluding carboxylic acids is 1. The molecular weight excluding hydrogens is 198 g/mol. The summed E-state index contributed by atoms with van der Waals surface area (Å²) < 4.78 is 0. The number of piperidine rings is 1. The Hall–Kier alpha value is -0.530. The van der Waals surface area contributed by atoms with Gasteiger partial charge in [-0.2, -0.15) is 0 Å². The molecular formula is C14H25NO. The van der Waals surface area contributed by atoms with E-state index in [4.69, 9.17) is 0 Å². The van der Waals surface area contributed by atoms with Crippen molar-refractivity contribution in [1.29, 1.82) is 0 Å². The fourth-order valence-electron chi connectivity index (χ4n) is 3.36. The summed E-state index contributed by atoms with van der Waals surface area (Å²) >= 11 is 0. The Balaban J connectivity index is 1.92. The predicted octanol–water partition coefficient (Wildman–Crippen LogP) is 3.12. The summed E-state index contributed by atoms with van der Waals surface area (Å²) in [6.07, 6.45) is 7.19. The van der Waals surface area contributed by atoms with Crippen molar-refractivity contribution in [3.8, 4) is 0 Å². The number of amides is 1. The van der Waals surface area contributed by atoms with Crippen LogP contribution >= 0.6 is 0 Å². The van der Waals surface area contributed by atoms with Crippen LogP contribution in [0, 0.1) is 16.7 Å². The van der Waals surface area contributed by atoms with E-state index in [2.05, 4.69) is 26.1 Å². The third kappa shape index (κ3) is 2.41. The molecule has 0 aromatic carbocycles. The van der Waals surface area contributed by atoms with Gasteiger partial charge in [0.25, 0.3) is 0 Å². The molecule has 2 rings (SSSR count). The standard InChI is InChI=1S/C14H25NO/c1-13(2,3)11-4-7-14(8-5-11)9-6-12(16)15-10-14/h11H,4-10H2,1-3H3,(H,15,16). The van der Waals surface area contributed by atoms with Gasteiger partial charge in [0.1, 0.15) is 0 Å². The van der Waals surface area contributed by atoms with Crippen molar-refractivity contribution >= 4 is 5.91 Å². The van der Waals surface area contributed by atoms with Crippen LogP contribution in [0.1, 0.15) is 59.3 Å². The van der Waals surface area contributed by atoms with Crippen LogP contribution in [0.4, 0.5) is 0 Å². The summed E-state index contributed by atoms with van der Waals surface area (Å²) in [5.41, 5.74) is 0.912. The summed E-state index contributed by atoms with van der Waals surface area (Å²) in [5.74, 6) is 1.12. The Morgan fingerprint density at radius 1 is 1.19 bits per heavy atom. The molecule has 0 unspecified atom stereocenters. The summed E-state index contributed by atoms with van der Waals surface area (Å²) in [6.45, 7) is 8.01. The first kappa shape index (κ1) is 11.9. The molecule has 1 saturated carbocycles. The number of hydrogen-bond acceptors (Lipinski definition) is 1. The van der Waals surface area contributed by atoms with E-state index >= 15 is 0 Å². The zero-order chi connectivity index (χ0) is 11.8. The first-order valence-electron chi connectivity index (χ1n) is 6.68. The minimum atomic E-state index is 0.253. The highest BCUT2D eigenvalue weighted by atomic mass is 16.1. The Labute approximate surface area is 99.2 Å². The van der Waals surface area contributed by atoms with Crippen LogP contribution in [-0.4, -0.2) is 12.5 Å². The van der Waals surface area contributed by atoms with Crippen molar-refractivity contribution in [2.45, 2.75) is 59.3 Å². The van der Waals surface area contributed by atoms with Crippen LogP contribution < -0.4 is 5.32 Å². The fraction of sp³-hybridized carbons (Fsp3) is 0.929. The number of rotatable bonds is 0. The third-order valence-corrected chi connectivity index (χ3v) is 4.81. The van der Waals surface area contributed by atoms with Crippen LogP contribution in [0.5, 0.6) is 0 Å². The molecule has 1 spiro atoms. The molecule has 1 amide bonds. The van der Waals surface area contributed by atoms with E-state index in [1.165, 1.54) is 25.7 Å². The molecule has 2 heteroatoms. The van der Waals surface area contributed by atoms with Gasteiger partial charge in [0.15, 0.2) is 0 Å². The molecule has 1 heterocycles. The summed E-state index contributed by atoms with van der Waals surface area (Å²) in [5, 5.41) is 3.06. The van der Waals surface area contributed by atoms with Crippen LogP contribution in [0.15, 0.2) is 0 Å². The van der Waals surface area contributed by atoms with E-state index in [-0.39, 0.29) is 5.91 Å². The van der Waals surface area contributed by atoms with E-state index in [0.717, 1.165) is 25.3 Å². The predicted molar refractivity (Wildman–Crippen MR) is 66.1 cm³/mol. The summed E-state index contributed by atoms with van der Waals surface area (Å²) in [7, 11) is 0. The summed E-state index contributed by atoms with van der Waals surface area (Å²) in [6, 6.07) is 0. The smallest absolute Gasteiger partial charge is 0.220 e. The highest BCUT2D eigenvalue weighted by Crippen LogP contribution is 2.47. The van der Waals surface area contributed by atoms with Gasteiger partial charge in [-0.15, -0.1) is 0 Å². The molecule has 16 heavy (non-hydrogen) atoms. The first-order chi connectivity index (χ1) is 7.41. The molecule has 0 radical (unpaired) electrons. The SMILES string of the molecule is CC(C)(C)C1CCC2(CCC(=O)NC2)CC1. The molecule has 2 nitrogen and oxygen atoms in total. The van der Waals surface area contributed by atoms with Crippen molar-refractivity contribution in [2.24, 2.45) is 16.7 Å². The lowest BCUT2D eigenvalue weighted by Crippen LogP contribution is -2.46. The second-order valence-corrected chi connectivity index (χ2v) is 6.92. The van der Waals surface area contributed by atoms with Gasteiger partial charge >= 0.3 is 0 Å². The van der Waals surface area contributed by atoms with Crippen molar-refractivity contribution < 1.29 is 4.79 Å². The molecule has 0 aromatic rings. The van der Waals surface area contributed by atoms with E-state index in [0.29, 0.717) is 10.8 Å². The van der Waals surface area contributed by atoms with Crippen LogP contribution in [-0.2, 0) is 4.79 Å². The molecule has 1 saturated heterocycles. The average molecular weight is 223 g/mol. The Morgan fingerprint density at radius 3 is 2.25 bits per heavy atom. The zero-order valence-electron chi connectivity index (χ0n) is 10.9. The molecule has 0 aromatic heterocycles. The second-order valence-electron chi connectivity index (χ2n) is 6.92. The number of nitrogens with one attached hydrogen (secondary N) is 1. The van der Waals surface area contributed by atoms with Crippen molar-refractivity contribution in [3.05, 3.63) is 0 Å². The molecule has 2 fully saturated rings. The van der Waals surface area contributed by atoms with Gasteiger partial charge in [-0.3, -0.25) is 4.79 Å². The molecule has 0 bridgehead atoms. The molecule has 0 atom stereocenters. The van der Waals surface area contributed by atoms with Crippen LogP contribution in [0.2, 0.25) is 0 Å².